The van der Waals surface area contributed by atoms with E-state index < -0.39 is 24.0 Å². The molecule has 1 aliphatic rings. The lowest BCUT2D eigenvalue weighted by molar-refractivity contribution is -0.153. The molecule has 10 heteroatoms. The fourth-order valence-corrected chi connectivity index (χ4v) is 4.69. The molecule has 0 saturated carbocycles. The molecular formula is C24H32N4O5S. The Morgan fingerprint density at radius 3 is 2.65 bits per heavy atom. The van der Waals surface area contributed by atoms with Gasteiger partial charge in [0.25, 0.3) is 17.7 Å². The van der Waals surface area contributed by atoms with E-state index in [-0.39, 0.29) is 11.9 Å². The normalized spacial score (nSPS) is 17.3. The Morgan fingerprint density at radius 2 is 1.91 bits per heavy atom. The maximum Gasteiger partial charge on any atom is 0.255 e. The lowest BCUT2D eigenvalue weighted by Gasteiger charge is -2.29. The number of likely N-dealkylation sites (tertiary alicyclic amines) is 1. The van der Waals surface area contributed by atoms with Crippen LogP contribution in [-0.2, 0) is 16.0 Å². The van der Waals surface area contributed by atoms with Gasteiger partial charge in [0.1, 0.15) is 0 Å². The van der Waals surface area contributed by atoms with Crippen molar-refractivity contribution in [3.05, 3.63) is 57.8 Å². The standard InChI is InChI=1S/C24H32N4O5S/c1-25-11-12-27-22(31)17-6-2-5-16(15-17)19-8-3-13-28(19)24(33)21(30)20(29)23(32)26-10-9-18-7-4-14-34-18/h2,4-7,14-15,19-21,25,29-30H,3,8-13H2,1H3,(H,26,32)(H,27,31). The highest BCUT2D eigenvalue weighted by Crippen LogP contribution is 2.33. The average Bonchev–Trinajstić information content (AvgIpc) is 3.55. The number of amides is 3. The first-order valence-electron chi connectivity index (χ1n) is 11.4. The Labute approximate surface area is 203 Å². The first-order chi connectivity index (χ1) is 16.4. The van der Waals surface area contributed by atoms with E-state index in [2.05, 4.69) is 16.0 Å². The van der Waals surface area contributed by atoms with Crippen molar-refractivity contribution >= 4 is 29.1 Å². The number of rotatable bonds is 11. The van der Waals surface area contributed by atoms with Crippen molar-refractivity contribution in [3.63, 3.8) is 0 Å². The molecule has 0 spiro atoms. The molecule has 184 valence electrons. The molecule has 1 aromatic heterocycles. The Kier molecular flexibility index (Phi) is 9.58. The summed E-state index contributed by atoms with van der Waals surface area (Å²) in [5, 5.41) is 31.0. The predicted molar refractivity (Wildman–Crippen MR) is 129 cm³/mol. The van der Waals surface area contributed by atoms with E-state index in [1.807, 2.05) is 23.6 Å². The predicted octanol–water partition coefficient (Wildman–Crippen LogP) is 0.442. The van der Waals surface area contributed by atoms with Crippen molar-refractivity contribution in [2.75, 3.05) is 33.2 Å². The Balaban J connectivity index is 1.60. The lowest BCUT2D eigenvalue weighted by atomic mass is 10.0. The van der Waals surface area contributed by atoms with E-state index in [1.54, 1.807) is 36.6 Å². The van der Waals surface area contributed by atoms with Gasteiger partial charge in [-0.1, -0.05) is 18.2 Å². The van der Waals surface area contributed by atoms with Gasteiger partial charge >= 0.3 is 0 Å². The van der Waals surface area contributed by atoms with E-state index in [0.717, 1.165) is 10.4 Å². The summed E-state index contributed by atoms with van der Waals surface area (Å²) in [6.45, 7) is 1.84. The third-order valence-electron chi connectivity index (χ3n) is 5.80. The van der Waals surface area contributed by atoms with Gasteiger partial charge in [-0.2, -0.15) is 0 Å². The highest BCUT2D eigenvalue weighted by Gasteiger charge is 2.38. The van der Waals surface area contributed by atoms with Gasteiger partial charge in [-0.3, -0.25) is 14.4 Å². The van der Waals surface area contributed by atoms with Gasteiger partial charge < -0.3 is 31.1 Å². The molecule has 0 aliphatic carbocycles. The zero-order valence-electron chi connectivity index (χ0n) is 19.2. The summed E-state index contributed by atoms with van der Waals surface area (Å²) in [6, 6.07) is 10.6. The van der Waals surface area contributed by atoms with Crippen LogP contribution in [0, 0.1) is 0 Å². The number of likely N-dealkylation sites (N-methyl/N-ethyl adjacent to an activating group) is 1. The van der Waals surface area contributed by atoms with Gasteiger partial charge in [-0.15, -0.1) is 11.3 Å². The summed E-state index contributed by atoms with van der Waals surface area (Å²) in [4.78, 5) is 40.2. The van der Waals surface area contributed by atoms with Gasteiger partial charge in [0.05, 0.1) is 6.04 Å². The molecule has 1 saturated heterocycles. The minimum absolute atomic E-state index is 0.206. The molecule has 2 aromatic rings. The molecule has 0 bridgehead atoms. The van der Waals surface area contributed by atoms with Crippen LogP contribution in [0.4, 0.5) is 0 Å². The van der Waals surface area contributed by atoms with Crippen LogP contribution in [0.5, 0.6) is 0 Å². The summed E-state index contributed by atoms with van der Waals surface area (Å²) in [6.07, 6.45) is -1.75. The maximum absolute atomic E-state index is 13.0. The molecule has 1 aliphatic heterocycles. The van der Waals surface area contributed by atoms with Gasteiger partial charge in [-0.05, 0) is 55.5 Å². The Bertz CT molecular complexity index is 968. The van der Waals surface area contributed by atoms with E-state index >= 15 is 0 Å². The quantitative estimate of drug-likeness (QED) is 0.292. The van der Waals surface area contributed by atoms with E-state index in [0.29, 0.717) is 51.0 Å². The largest absolute Gasteiger partial charge is 0.380 e. The fraction of sp³-hybridized carbons (Fsp3) is 0.458. The highest BCUT2D eigenvalue weighted by molar-refractivity contribution is 7.09. The molecule has 0 radical (unpaired) electrons. The highest BCUT2D eigenvalue weighted by atomic mass is 32.1. The van der Waals surface area contributed by atoms with Gasteiger partial charge in [-0.25, -0.2) is 0 Å². The number of thiophene rings is 1. The van der Waals surface area contributed by atoms with Gasteiger partial charge in [0.15, 0.2) is 12.2 Å². The molecular weight excluding hydrogens is 456 g/mol. The van der Waals surface area contributed by atoms with Crippen molar-refractivity contribution in [2.24, 2.45) is 0 Å². The minimum Gasteiger partial charge on any atom is -0.380 e. The molecule has 1 aromatic carbocycles. The average molecular weight is 489 g/mol. The van der Waals surface area contributed by atoms with Crippen molar-refractivity contribution < 1.29 is 24.6 Å². The number of nitrogens with zero attached hydrogens (tertiary/aromatic N) is 1. The zero-order chi connectivity index (χ0) is 24.5. The number of aliphatic hydroxyl groups is 2. The van der Waals surface area contributed by atoms with Crippen LogP contribution in [0.25, 0.3) is 0 Å². The van der Waals surface area contributed by atoms with Crippen LogP contribution < -0.4 is 16.0 Å². The van der Waals surface area contributed by atoms with Gasteiger partial charge in [0, 0.05) is 36.6 Å². The SMILES string of the molecule is CNCCNC(=O)c1cccc(C2CCCN2C(=O)C(O)C(O)C(=O)NCCc2cccs2)c1. The second-order valence-corrected chi connectivity index (χ2v) is 9.22. The van der Waals surface area contributed by atoms with Crippen LogP contribution in [0.2, 0.25) is 0 Å². The van der Waals surface area contributed by atoms with Crippen LogP contribution >= 0.6 is 11.3 Å². The maximum atomic E-state index is 13.0. The zero-order valence-corrected chi connectivity index (χ0v) is 20.0. The number of nitrogens with one attached hydrogen (secondary N) is 3. The molecule has 34 heavy (non-hydrogen) atoms. The molecule has 2 heterocycles. The molecule has 3 atom stereocenters. The van der Waals surface area contributed by atoms with Crippen LogP contribution in [0.3, 0.4) is 0 Å². The monoisotopic (exact) mass is 488 g/mol. The summed E-state index contributed by atoms with van der Waals surface area (Å²) in [5.41, 5.74) is 1.26. The first-order valence-corrected chi connectivity index (χ1v) is 12.3. The third kappa shape index (κ3) is 6.63. The molecule has 3 unspecified atom stereocenters. The molecule has 3 rings (SSSR count). The van der Waals surface area contributed by atoms with E-state index in [9.17, 15) is 24.6 Å². The van der Waals surface area contributed by atoms with E-state index in [1.165, 1.54) is 4.90 Å². The van der Waals surface area contributed by atoms with Crippen molar-refractivity contribution in [1.82, 2.24) is 20.9 Å². The fourth-order valence-electron chi connectivity index (χ4n) is 3.98. The summed E-state index contributed by atoms with van der Waals surface area (Å²) in [5.74, 6) is -1.69. The summed E-state index contributed by atoms with van der Waals surface area (Å²) >= 11 is 1.56. The third-order valence-corrected chi connectivity index (χ3v) is 6.74. The number of hydrogen-bond acceptors (Lipinski definition) is 7. The smallest absolute Gasteiger partial charge is 0.255 e. The lowest BCUT2D eigenvalue weighted by Crippen LogP contribution is -2.50. The topological polar surface area (TPSA) is 131 Å². The Morgan fingerprint density at radius 1 is 1.09 bits per heavy atom. The van der Waals surface area contributed by atoms with Crippen molar-refractivity contribution in [3.8, 4) is 0 Å². The molecule has 3 amide bonds. The van der Waals surface area contributed by atoms with Crippen molar-refractivity contribution in [1.29, 1.82) is 0 Å². The van der Waals surface area contributed by atoms with Crippen LogP contribution in [0.1, 0.15) is 39.7 Å². The van der Waals surface area contributed by atoms with E-state index in [4.69, 9.17) is 0 Å². The number of carbonyl (C=O) groups is 3. The number of benzene rings is 1. The molecule has 5 N–H and O–H groups in total. The number of hydrogen-bond donors (Lipinski definition) is 5. The molecule has 9 nitrogen and oxygen atoms in total. The van der Waals surface area contributed by atoms with Crippen molar-refractivity contribution in [2.45, 2.75) is 37.5 Å². The van der Waals surface area contributed by atoms with Gasteiger partial charge in [0.2, 0.25) is 0 Å². The second kappa shape index (κ2) is 12.6. The Hall–Kier alpha value is -2.79. The number of carbonyl (C=O) groups excluding carboxylic acids is 3. The van der Waals surface area contributed by atoms with Crippen LogP contribution in [0.15, 0.2) is 41.8 Å². The minimum atomic E-state index is -1.87. The molecule has 1 fully saturated rings. The number of aliphatic hydroxyl groups excluding tert-OH is 2. The summed E-state index contributed by atoms with van der Waals surface area (Å²) < 4.78 is 0. The first kappa shape index (κ1) is 25.8. The van der Waals surface area contributed by atoms with Crippen LogP contribution in [-0.4, -0.2) is 78.3 Å². The second-order valence-electron chi connectivity index (χ2n) is 8.18. The summed E-state index contributed by atoms with van der Waals surface area (Å²) in [7, 11) is 1.80.